The van der Waals surface area contributed by atoms with Gasteiger partial charge in [0.05, 0.1) is 7.11 Å². The molecule has 108 valence electrons. The van der Waals surface area contributed by atoms with Gasteiger partial charge in [-0.1, -0.05) is 18.6 Å². The lowest BCUT2D eigenvalue weighted by atomic mass is 9.67. The molecule has 0 spiro atoms. The highest BCUT2D eigenvalue weighted by Crippen LogP contribution is 2.43. The number of rotatable bonds is 2. The summed E-state index contributed by atoms with van der Waals surface area (Å²) in [5.74, 6) is -1.10. The molecule has 0 unspecified atom stereocenters. The molecule has 0 fully saturated rings. The van der Waals surface area contributed by atoms with Gasteiger partial charge in [-0.2, -0.15) is 0 Å². The standard InChI is InChI=1S/C15H24O4/c1-10-7-8-11(2)15(9-10,12(16)18-6)13(17)19-14(3,4)5/h7,11H,8-9H2,1-6H3/t11-,15+/m0/s1. The molecule has 0 aliphatic heterocycles. The second-order valence-electron chi connectivity index (χ2n) is 6.33. The predicted octanol–water partition coefficient (Wildman–Crippen LogP) is 2.86. The van der Waals surface area contributed by atoms with E-state index in [9.17, 15) is 9.59 Å². The average Bonchev–Trinajstić information content (AvgIpc) is 2.28. The van der Waals surface area contributed by atoms with Crippen molar-refractivity contribution in [1.82, 2.24) is 0 Å². The number of carbonyl (C=O) groups is 2. The summed E-state index contributed by atoms with van der Waals surface area (Å²) in [5.41, 5.74) is -0.803. The molecule has 4 heteroatoms. The highest BCUT2D eigenvalue weighted by molar-refractivity contribution is 6.01. The molecule has 0 saturated heterocycles. The molecule has 0 N–H and O–H groups in total. The van der Waals surface area contributed by atoms with Gasteiger partial charge in [-0.15, -0.1) is 0 Å². The summed E-state index contributed by atoms with van der Waals surface area (Å²) in [6, 6.07) is 0. The van der Waals surface area contributed by atoms with Crippen molar-refractivity contribution in [2.45, 2.75) is 53.1 Å². The third-order valence-corrected chi connectivity index (χ3v) is 3.53. The molecular formula is C15H24O4. The Kier molecular flexibility index (Phi) is 4.43. The van der Waals surface area contributed by atoms with Gasteiger partial charge in [0, 0.05) is 0 Å². The quantitative estimate of drug-likeness (QED) is 0.439. The number of carbonyl (C=O) groups excluding carboxylic acids is 2. The number of methoxy groups -OCH3 is 1. The monoisotopic (exact) mass is 268 g/mol. The van der Waals surface area contributed by atoms with Crippen LogP contribution in [-0.4, -0.2) is 24.6 Å². The van der Waals surface area contributed by atoms with Gasteiger partial charge in [-0.3, -0.25) is 9.59 Å². The first-order chi connectivity index (χ1) is 8.63. The summed E-state index contributed by atoms with van der Waals surface area (Å²) < 4.78 is 10.3. The second-order valence-corrected chi connectivity index (χ2v) is 6.33. The Labute approximate surface area is 115 Å². The first-order valence-electron chi connectivity index (χ1n) is 6.61. The molecule has 4 nitrogen and oxygen atoms in total. The predicted molar refractivity (Wildman–Crippen MR) is 72.4 cm³/mol. The van der Waals surface area contributed by atoms with Crippen LogP contribution in [0.3, 0.4) is 0 Å². The molecular weight excluding hydrogens is 244 g/mol. The van der Waals surface area contributed by atoms with Crippen LogP contribution in [0.1, 0.15) is 47.5 Å². The number of ether oxygens (including phenoxy) is 2. The first-order valence-corrected chi connectivity index (χ1v) is 6.61. The molecule has 0 bridgehead atoms. The van der Waals surface area contributed by atoms with Crippen molar-refractivity contribution in [3.8, 4) is 0 Å². The number of allylic oxidation sites excluding steroid dienone is 2. The zero-order valence-corrected chi connectivity index (χ0v) is 12.7. The van der Waals surface area contributed by atoms with Crippen LogP contribution < -0.4 is 0 Å². The molecule has 0 aromatic carbocycles. The fourth-order valence-electron chi connectivity index (χ4n) is 2.45. The van der Waals surface area contributed by atoms with Gasteiger partial charge >= 0.3 is 11.9 Å². The number of hydrogen-bond donors (Lipinski definition) is 0. The van der Waals surface area contributed by atoms with E-state index < -0.39 is 23.0 Å². The fourth-order valence-corrected chi connectivity index (χ4v) is 2.45. The van der Waals surface area contributed by atoms with Crippen molar-refractivity contribution in [2.24, 2.45) is 11.3 Å². The van der Waals surface area contributed by atoms with E-state index in [-0.39, 0.29) is 5.92 Å². The van der Waals surface area contributed by atoms with Crippen molar-refractivity contribution >= 4 is 11.9 Å². The van der Waals surface area contributed by atoms with Crippen molar-refractivity contribution in [3.63, 3.8) is 0 Å². The van der Waals surface area contributed by atoms with Gasteiger partial charge in [0.2, 0.25) is 0 Å². The fraction of sp³-hybridized carbons (Fsp3) is 0.733. The van der Waals surface area contributed by atoms with E-state index in [4.69, 9.17) is 9.47 Å². The van der Waals surface area contributed by atoms with Crippen LogP contribution in [0.25, 0.3) is 0 Å². The zero-order chi connectivity index (χ0) is 14.8. The van der Waals surface area contributed by atoms with Gasteiger partial charge in [-0.25, -0.2) is 0 Å². The van der Waals surface area contributed by atoms with Crippen LogP contribution >= 0.6 is 0 Å². The molecule has 0 amide bonds. The van der Waals surface area contributed by atoms with Crippen LogP contribution in [0.5, 0.6) is 0 Å². The van der Waals surface area contributed by atoms with E-state index in [1.165, 1.54) is 7.11 Å². The Morgan fingerprint density at radius 2 is 1.89 bits per heavy atom. The summed E-state index contributed by atoms with van der Waals surface area (Å²) in [7, 11) is 1.31. The Balaban J connectivity index is 3.17. The van der Waals surface area contributed by atoms with E-state index in [1.807, 2.05) is 13.8 Å². The Bertz CT molecular complexity index is 403. The summed E-state index contributed by atoms with van der Waals surface area (Å²) in [6.45, 7) is 9.21. The largest absolute Gasteiger partial charge is 0.468 e. The minimum atomic E-state index is -1.21. The topological polar surface area (TPSA) is 52.6 Å². The van der Waals surface area contributed by atoms with E-state index in [0.717, 1.165) is 5.57 Å². The zero-order valence-electron chi connectivity index (χ0n) is 12.7. The summed E-state index contributed by atoms with van der Waals surface area (Å²) in [5, 5.41) is 0. The normalized spacial score (nSPS) is 27.5. The lowest BCUT2D eigenvalue weighted by Crippen LogP contribution is -2.49. The molecule has 1 aliphatic rings. The van der Waals surface area contributed by atoms with Gasteiger partial charge in [0.1, 0.15) is 5.60 Å². The highest BCUT2D eigenvalue weighted by Gasteiger charge is 2.54. The Morgan fingerprint density at radius 1 is 1.32 bits per heavy atom. The highest BCUT2D eigenvalue weighted by atomic mass is 16.6. The minimum Gasteiger partial charge on any atom is -0.468 e. The van der Waals surface area contributed by atoms with Crippen LogP contribution in [0.15, 0.2) is 11.6 Å². The average molecular weight is 268 g/mol. The lowest BCUT2D eigenvalue weighted by molar-refractivity contribution is -0.183. The van der Waals surface area contributed by atoms with Crippen LogP contribution in [0, 0.1) is 11.3 Å². The van der Waals surface area contributed by atoms with Gasteiger partial charge in [0.25, 0.3) is 0 Å². The molecule has 19 heavy (non-hydrogen) atoms. The van der Waals surface area contributed by atoms with Gasteiger partial charge in [0.15, 0.2) is 5.41 Å². The molecule has 0 radical (unpaired) electrons. The van der Waals surface area contributed by atoms with Crippen LogP contribution in [0.2, 0.25) is 0 Å². The van der Waals surface area contributed by atoms with Crippen molar-refractivity contribution < 1.29 is 19.1 Å². The minimum absolute atomic E-state index is 0.126. The summed E-state index contributed by atoms with van der Waals surface area (Å²) in [4.78, 5) is 24.8. The molecule has 0 saturated carbocycles. The maximum Gasteiger partial charge on any atom is 0.324 e. The number of esters is 2. The molecule has 0 aromatic heterocycles. The molecule has 0 aromatic rings. The SMILES string of the molecule is COC(=O)[C@@]1(C(=O)OC(C)(C)C)CC(C)=CC[C@@H]1C. The third-order valence-electron chi connectivity index (χ3n) is 3.53. The molecule has 1 rings (SSSR count). The van der Waals surface area contributed by atoms with Crippen molar-refractivity contribution in [2.75, 3.05) is 7.11 Å². The second kappa shape index (κ2) is 5.35. The van der Waals surface area contributed by atoms with E-state index in [0.29, 0.717) is 12.8 Å². The number of hydrogen-bond acceptors (Lipinski definition) is 4. The third kappa shape index (κ3) is 3.17. The van der Waals surface area contributed by atoms with Crippen molar-refractivity contribution in [3.05, 3.63) is 11.6 Å². The maximum atomic E-state index is 12.5. The molecule has 2 atom stereocenters. The van der Waals surface area contributed by atoms with E-state index in [1.54, 1.807) is 20.8 Å². The Morgan fingerprint density at radius 3 is 2.37 bits per heavy atom. The van der Waals surface area contributed by atoms with E-state index >= 15 is 0 Å². The van der Waals surface area contributed by atoms with Gasteiger partial charge in [-0.05, 0) is 46.5 Å². The summed E-state index contributed by atoms with van der Waals surface area (Å²) >= 11 is 0. The summed E-state index contributed by atoms with van der Waals surface area (Å²) in [6.07, 6.45) is 3.12. The lowest BCUT2D eigenvalue weighted by Gasteiger charge is -2.38. The Hall–Kier alpha value is -1.32. The van der Waals surface area contributed by atoms with Crippen LogP contribution in [-0.2, 0) is 19.1 Å². The first kappa shape index (κ1) is 15.7. The van der Waals surface area contributed by atoms with Gasteiger partial charge < -0.3 is 9.47 Å². The van der Waals surface area contributed by atoms with Crippen molar-refractivity contribution in [1.29, 1.82) is 0 Å². The molecule has 1 aliphatic carbocycles. The molecule has 0 heterocycles. The van der Waals surface area contributed by atoms with Crippen LogP contribution in [0.4, 0.5) is 0 Å². The smallest absolute Gasteiger partial charge is 0.324 e. The van der Waals surface area contributed by atoms with E-state index in [2.05, 4.69) is 6.08 Å². The maximum absolute atomic E-state index is 12.5.